The molecule has 184 valence electrons. The zero-order valence-corrected chi connectivity index (χ0v) is 21.1. The van der Waals surface area contributed by atoms with Gasteiger partial charge in [0, 0.05) is 49.9 Å². The lowest BCUT2D eigenvalue weighted by atomic mass is 10.1. The molecule has 3 aliphatic rings. The van der Waals surface area contributed by atoms with Gasteiger partial charge in [-0.2, -0.15) is 0 Å². The van der Waals surface area contributed by atoms with E-state index in [9.17, 15) is 0 Å². The van der Waals surface area contributed by atoms with Gasteiger partial charge in [0.05, 0.1) is 16.1 Å². The Morgan fingerprint density at radius 3 is 2.67 bits per heavy atom. The lowest BCUT2D eigenvalue weighted by Crippen LogP contribution is -2.43. The highest BCUT2D eigenvalue weighted by Gasteiger charge is 2.22. The molecule has 2 aromatic carbocycles. The van der Waals surface area contributed by atoms with Crippen LogP contribution in [-0.4, -0.2) is 59.0 Å². The van der Waals surface area contributed by atoms with Crippen LogP contribution < -0.4 is 16.2 Å². The van der Waals surface area contributed by atoms with E-state index in [-0.39, 0.29) is 0 Å². The molecule has 0 spiro atoms. The molecule has 7 nitrogen and oxygen atoms in total. The Morgan fingerprint density at radius 2 is 1.89 bits per heavy atom. The van der Waals surface area contributed by atoms with Crippen LogP contribution in [0.1, 0.15) is 24.0 Å². The van der Waals surface area contributed by atoms with E-state index in [0.717, 1.165) is 72.2 Å². The maximum atomic E-state index is 6.47. The molecule has 2 fully saturated rings. The Bertz CT molecular complexity index is 1400. The summed E-state index contributed by atoms with van der Waals surface area (Å²) in [6, 6.07) is 12.9. The van der Waals surface area contributed by atoms with Crippen molar-refractivity contribution in [3.8, 4) is 23.2 Å². The second-order valence-corrected chi connectivity index (χ2v) is 10.2. The summed E-state index contributed by atoms with van der Waals surface area (Å²) in [6.45, 7) is 5.42. The second-order valence-electron chi connectivity index (χ2n) is 9.79. The van der Waals surface area contributed by atoms with E-state index in [2.05, 4.69) is 68.0 Å². The minimum absolute atomic E-state index is 0.593. The number of fused-ring (bicyclic) bond motifs is 1. The SMILES string of the molecule is CN1CCN(Cc2ccc3nc(-c4ccc(Cl)c(C#CC5=CC=C(NC6CC6)NN5)c4)[nH]c3c2)CC1. The van der Waals surface area contributed by atoms with Crippen LogP contribution in [0.25, 0.3) is 22.4 Å². The minimum atomic E-state index is 0.593. The highest BCUT2D eigenvalue weighted by Crippen LogP contribution is 2.26. The summed E-state index contributed by atoms with van der Waals surface area (Å²) in [5.74, 6) is 8.15. The van der Waals surface area contributed by atoms with Crippen molar-refractivity contribution in [2.75, 3.05) is 33.2 Å². The van der Waals surface area contributed by atoms with Crippen molar-refractivity contribution in [2.24, 2.45) is 0 Å². The van der Waals surface area contributed by atoms with Crippen molar-refractivity contribution in [2.45, 2.75) is 25.4 Å². The summed E-state index contributed by atoms with van der Waals surface area (Å²) in [5.41, 5.74) is 12.1. The van der Waals surface area contributed by atoms with Gasteiger partial charge >= 0.3 is 0 Å². The van der Waals surface area contributed by atoms with E-state index in [1.54, 1.807) is 0 Å². The Hall–Kier alpha value is -3.44. The number of nitrogens with zero attached hydrogens (tertiary/aromatic N) is 3. The van der Waals surface area contributed by atoms with Gasteiger partial charge in [0.25, 0.3) is 0 Å². The van der Waals surface area contributed by atoms with Crippen LogP contribution in [0, 0.1) is 11.8 Å². The second kappa shape index (κ2) is 9.90. The van der Waals surface area contributed by atoms with Crippen molar-refractivity contribution in [3.05, 3.63) is 76.2 Å². The van der Waals surface area contributed by atoms with Gasteiger partial charge in [-0.25, -0.2) is 4.98 Å². The van der Waals surface area contributed by atoms with Crippen LogP contribution in [0.3, 0.4) is 0 Å². The number of allylic oxidation sites excluding steroid dienone is 3. The topological polar surface area (TPSA) is 71.2 Å². The van der Waals surface area contributed by atoms with Gasteiger partial charge < -0.3 is 15.2 Å². The highest BCUT2D eigenvalue weighted by atomic mass is 35.5. The average Bonchev–Trinajstić information content (AvgIpc) is 3.61. The first-order chi connectivity index (χ1) is 17.6. The number of aromatic nitrogens is 2. The van der Waals surface area contributed by atoms with Gasteiger partial charge in [-0.1, -0.05) is 23.6 Å². The number of hydrogen-bond donors (Lipinski definition) is 4. The molecule has 1 aromatic heterocycles. The van der Waals surface area contributed by atoms with Gasteiger partial charge in [0.2, 0.25) is 0 Å². The molecule has 0 amide bonds. The van der Waals surface area contributed by atoms with Gasteiger partial charge in [-0.05, 0) is 73.9 Å². The number of piperazine rings is 1. The fourth-order valence-electron chi connectivity index (χ4n) is 4.45. The molecule has 2 aliphatic heterocycles. The van der Waals surface area contributed by atoms with Crippen LogP contribution >= 0.6 is 11.6 Å². The summed E-state index contributed by atoms with van der Waals surface area (Å²) >= 11 is 6.47. The van der Waals surface area contributed by atoms with Crippen LogP contribution in [0.5, 0.6) is 0 Å². The van der Waals surface area contributed by atoms with Crippen molar-refractivity contribution >= 4 is 22.6 Å². The predicted octanol–water partition coefficient (Wildman–Crippen LogP) is 3.57. The molecule has 36 heavy (non-hydrogen) atoms. The molecule has 8 heteroatoms. The summed E-state index contributed by atoms with van der Waals surface area (Å²) in [7, 11) is 2.19. The monoisotopic (exact) mass is 499 g/mol. The largest absolute Gasteiger partial charge is 0.368 e. The Balaban J connectivity index is 1.19. The number of likely N-dealkylation sites (N-methyl/N-ethyl adjacent to an activating group) is 1. The highest BCUT2D eigenvalue weighted by molar-refractivity contribution is 6.31. The third-order valence-electron chi connectivity index (χ3n) is 6.81. The lowest BCUT2D eigenvalue weighted by molar-refractivity contribution is 0.148. The van der Waals surface area contributed by atoms with Crippen molar-refractivity contribution in [3.63, 3.8) is 0 Å². The first-order valence-electron chi connectivity index (χ1n) is 12.5. The first-order valence-corrected chi connectivity index (χ1v) is 12.9. The molecule has 0 atom stereocenters. The molecule has 0 unspecified atom stereocenters. The summed E-state index contributed by atoms with van der Waals surface area (Å²) in [6.07, 6.45) is 6.43. The fraction of sp³-hybridized carbons (Fsp3) is 0.321. The van der Waals surface area contributed by atoms with Crippen LogP contribution in [0.15, 0.2) is 60.1 Å². The third-order valence-corrected chi connectivity index (χ3v) is 7.14. The number of halogens is 1. The molecule has 0 bridgehead atoms. The number of imidazole rings is 1. The number of hydrogen-bond acceptors (Lipinski definition) is 6. The minimum Gasteiger partial charge on any atom is -0.368 e. The van der Waals surface area contributed by atoms with Crippen LogP contribution in [0.4, 0.5) is 0 Å². The standard InChI is InChI=1S/C28H30ClN7/c1-35-12-14-36(15-13-35)18-19-2-10-25-26(16-19)32-28(31-25)21-4-9-24(29)20(17-21)3-5-23-8-11-27(34-33-23)30-22-6-7-22/h2,4,8-11,16-17,22,30,33-34H,6-7,12-15,18H2,1H3,(H,31,32). The van der Waals surface area contributed by atoms with Gasteiger partial charge in [0.15, 0.2) is 0 Å². The number of hydrazine groups is 1. The van der Waals surface area contributed by atoms with Gasteiger partial charge in [0.1, 0.15) is 17.3 Å². The van der Waals surface area contributed by atoms with E-state index in [1.165, 1.54) is 18.4 Å². The van der Waals surface area contributed by atoms with E-state index in [1.807, 2.05) is 30.4 Å². The number of benzene rings is 2. The Kier molecular flexibility index (Phi) is 6.32. The maximum Gasteiger partial charge on any atom is 0.138 e. The van der Waals surface area contributed by atoms with Crippen molar-refractivity contribution in [1.82, 2.24) is 35.9 Å². The lowest BCUT2D eigenvalue weighted by Gasteiger charge is -2.32. The quantitative estimate of drug-likeness (QED) is 0.402. The predicted molar refractivity (Wildman–Crippen MR) is 145 cm³/mol. The van der Waals surface area contributed by atoms with E-state index >= 15 is 0 Å². The molecular formula is C28H30ClN7. The van der Waals surface area contributed by atoms with Gasteiger partial charge in [-0.3, -0.25) is 15.8 Å². The molecule has 1 saturated carbocycles. The fourth-order valence-corrected chi connectivity index (χ4v) is 4.61. The number of aromatic amines is 1. The number of nitrogens with one attached hydrogen (secondary N) is 4. The molecule has 1 saturated heterocycles. The smallest absolute Gasteiger partial charge is 0.138 e. The summed E-state index contributed by atoms with van der Waals surface area (Å²) < 4.78 is 0. The maximum absolute atomic E-state index is 6.47. The van der Waals surface area contributed by atoms with Crippen LogP contribution in [-0.2, 0) is 6.54 Å². The zero-order valence-electron chi connectivity index (χ0n) is 20.4. The molecule has 4 N–H and O–H groups in total. The molecule has 6 rings (SSSR count). The molecular weight excluding hydrogens is 470 g/mol. The van der Waals surface area contributed by atoms with E-state index in [0.29, 0.717) is 11.1 Å². The molecule has 0 radical (unpaired) electrons. The van der Waals surface area contributed by atoms with E-state index < -0.39 is 0 Å². The number of rotatable bonds is 5. The normalized spacial score (nSPS) is 18.5. The molecule has 1 aliphatic carbocycles. The molecule has 3 aromatic rings. The summed E-state index contributed by atoms with van der Waals surface area (Å²) in [5, 5.41) is 4.04. The zero-order chi connectivity index (χ0) is 24.5. The molecule has 3 heterocycles. The Morgan fingerprint density at radius 1 is 1.03 bits per heavy atom. The van der Waals surface area contributed by atoms with Crippen molar-refractivity contribution < 1.29 is 0 Å². The van der Waals surface area contributed by atoms with Gasteiger partial charge in [-0.15, -0.1) is 0 Å². The third kappa shape index (κ3) is 5.36. The average molecular weight is 500 g/mol. The first kappa shape index (κ1) is 23.0. The van der Waals surface area contributed by atoms with Crippen molar-refractivity contribution in [1.29, 1.82) is 0 Å². The van der Waals surface area contributed by atoms with Crippen LogP contribution in [0.2, 0.25) is 5.02 Å². The van der Waals surface area contributed by atoms with E-state index in [4.69, 9.17) is 16.6 Å². The number of H-pyrrole nitrogens is 1. The summed E-state index contributed by atoms with van der Waals surface area (Å²) in [4.78, 5) is 13.2. The Labute approximate surface area is 216 Å².